The van der Waals surface area contributed by atoms with E-state index in [1.807, 2.05) is 0 Å². The summed E-state index contributed by atoms with van der Waals surface area (Å²) in [5.41, 5.74) is -0.377. The zero-order valence-electron chi connectivity index (χ0n) is 8.24. The Morgan fingerprint density at radius 3 is 2.47 bits per heavy atom. The predicted octanol–water partition coefficient (Wildman–Crippen LogP) is 3.33. The molecule has 0 radical (unpaired) electrons. The van der Waals surface area contributed by atoms with E-state index in [0.717, 1.165) is 0 Å². The smallest absolute Gasteiger partial charge is 0.236 e. The fraction of sp³-hybridized carbons (Fsp3) is 0.273. The summed E-state index contributed by atoms with van der Waals surface area (Å²) in [7, 11) is 0. The Hall–Kier alpha value is -1.76. The van der Waals surface area contributed by atoms with Gasteiger partial charge in [0.05, 0.1) is 5.69 Å². The summed E-state index contributed by atoms with van der Waals surface area (Å²) in [6.07, 6.45) is -0.424. The number of aliphatic imine (C=N–C) groups is 1. The second kappa shape index (κ2) is 4.65. The predicted molar refractivity (Wildman–Crippen MR) is 54.4 cm³/mol. The fourth-order valence-electron chi connectivity index (χ4n) is 0.988. The van der Waals surface area contributed by atoms with E-state index in [2.05, 4.69) is 4.99 Å². The van der Waals surface area contributed by atoms with Crippen LogP contribution in [0.25, 0.3) is 0 Å². The Kier molecular flexibility index (Phi) is 3.51. The van der Waals surface area contributed by atoms with Crippen molar-refractivity contribution in [3.8, 4) is 6.07 Å². The molecule has 2 nitrogen and oxygen atoms in total. The summed E-state index contributed by atoms with van der Waals surface area (Å²) in [5.74, 6) is -3.15. The van der Waals surface area contributed by atoms with E-state index in [4.69, 9.17) is 5.26 Å². The van der Waals surface area contributed by atoms with Crippen LogP contribution in [0.5, 0.6) is 0 Å². The summed E-state index contributed by atoms with van der Waals surface area (Å²) >= 11 is 0. The van der Waals surface area contributed by atoms with Gasteiger partial charge in [-0.05, 0) is 12.1 Å². The topological polar surface area (TPSA) is 36.1 Å². The van der Waals surface area contributed by atoms with Crippen molar-refractivity contribution >= 4 is 11.4 Å². The van der Waals surface area contributed by atoms with Crippen LogP contribution in [0.2, 0.25) is 0 Å². The van der Waals surface area contributed by atoms with Crippen LogP contribution in [0.1, 0.15) is 13.3 Å². The fourth-order valence-corrected chi connectivity index (χ4v) is 0.988. The lowest BCUT2D eigenvalue weighted by atomic mass is 10.1. The van der Waals surface area contributed by atoms with Crippen molar-refractivity contribution in [2.45, 2.75) is 19.3 Å². The van der Waals surface area contributed by atoms with Gasteiger partial charge >= 0.3 is 0 Å². The normalized spacial score (nSPS) is 12.3. The molecule has 0 heterocycles. The van der Waals surface area contributed by atoms with Crippen LogP contribution in [0, 0.1) is 11.3 Å². The summed E-state index contributed by atoms with van der Waals surface area (Å²) < 4.78 is 26.3. The van der Waals surface area contributed by atoms with Gasteiger partial charge in [-0.1, -0.05) is 25.1 Å². The van der Waals surface area contributed by atoms with Crippen LogP contribution in [-0.2, 0) is 0 Å². The molecule has 0 aliphatic rings. The molecule has 15 heavy (non-hydrogen) atoms. The third-order valence-electron chi connectivity index (χ3n) is 1.89. The maximum absolute atomic E-state index is 13.1. The van der Waals surface area contributed by atoms with Crippen molar-refractivity contribution in [3.63, 3.8) is 0 Å². The van der Waals surface area contributed by atoms with Crippen LogP contribution in [0.15, 0.2) is 35.3 Å². The Morgan fingerprint density at radius 2 is 2.00 bits per heavy atom. The molecule has 0 saturated heterocycles. The zero-order chi connectivity index (χ0) is 11.3. The molecule has 0 unspecified atom stereocenters. The van der Waals surface area contributed by atoms with Gasteiger partial charge in [-0.3, -0.25) is 0 Å². The molecular weight excluding hydrogens is 198 g/mol. The van der Waals surface area contributed by atoms with E-state index in [0.29, 0.717) is 5.69 Å². The van der Waals surface area contributed by atoms with E-state index in [-0.39, 0.29) is 0 Å². The molecule has 0 aromatic heterocycles. The summed E-state index contributed by atoms with van der Waals surface area (Å²) in [5, 5.41) is 8.59. The van der Waals surface area contributed by atoms with Crippen molar-refractivity contribution in [3.05, 3.63) is 30.3 Å². The minimum atomic E-state index is -3.15. The molecule has 0 saturated carbocycles. The highest BCUT2D eigenvalue weighted by Crippen LogP contribution is 2.22. The average molecular weight is 208 g/mol. The lowest BCUT2D eigenvalue weighted by molar-refractivity contribution is 0.0755. The number of rotatable bonds is 3. The second-order valence-electron chi connectivity index (χ2n) is 2.97. The monoisotopic (exact) mass is 208 g/mol. The first-order chi connectivity index (χ1) is 7.10. The van der Waals surface area contributed by atoms with Gasteiger partial charge in [-0.15, -0.1) is 0 Å². The maximum atomic E-state index is 13.1. The van der Waals surface area contributed by atoms with Crippen LogP contribution in [0.4, 0.5) is 14.5 Å². The maximum Gasteiger partial charge on any atom is 0.299 e. The highest BCUT2D eigenvalue weighted by Gasteiger charge is 2.33. The second-order valence-corrected chi connectivity index (χ2v) is 2.97. The summed E-state index contributed by atoms with van der Waals surface area (Å²) in [6.45, 7) is 1.32. The van der Waals surface area contributed by atoms with Crippen molar-refractivity contribution in [2.24, 2.45) is 4.99 Å². The number of benzene rings is 1. The molecule has 0 aliphatic carbocycles. The first-order valence-electron chi connectivity index (χ1n) is 4.52. The van der Waals surface area contributed by atoms with Gasteiger partial charge in [0.15, 0.2) is 5.71 Å². The number of alkyl halides is 2. The lowest BCUT2D eigenvalue weighted by Crippen LogP contribution is -2.26. The number of para-hydroxylation sites is 1. The third kappa shape index (κ3) is 2.84. The molecule has 4 heteroatoms. The highest BCUT2D eigenvalue weighted by molar-refractivity contribution is 6.05. The largest absolute Gasteiger partial charge is 0.299 e. The van der Waals surface area contributed by atoms with Gasteiger partial charge in [0.1, 0.15) is 6.07 Å². The van der Waals surface area contributed by atoms with Crippen molar-refractivity contribution in [1.82, 2.24) is 0 Å². The summed E-state index contributed by atoms with van der Waals surface area (Å²) in [4.78, 5) is 3.63. The van der Waals surface area contributed by atoms with E-state index in [9.17, 15) is 8.78 Å². The standard InChI is InChI=1S/C11H10F2N2/c1-2-11(12,13)10(8-14)15-9-6-4-3-5-7-9/h3-7H,2H2,1H3/b15-10+. The minimum Gasteiger partial charge on any atom is -0.236 e. The van der Waals surface area contributed by atoms with E-state index in [1.165, 1.54) is 13.0 Å². The molecule has 1 aromatic carbocycles. The Bertz CT molecular complexity index is 391. The minimum absolute atomic E-state index is 0.363. The number of halogens is 2. The third-order valence-corrected chi connectivity index (χ3v) is 1.89. The number of hydrogen-bond donors (Lipinski definition) is 0. The SMILES string of the molecule is CCC(F)(F)/C(C#N)=N/c1ccccc1. The van der Waals surface area contributed by atoms with Gasteiger partial charge in [0.25, 0.3) is 5.92 Å². The Morgan fingerprint density at radius 1 is 1.40 bits per heavy atom. The number of nitrogens with zero attached hydrogens (tertiary/aromatic N) is 2. The first-order valence-corrected chi connectivity index (χ1v) is 4.52. The van der Waals surface area contributed by atoms with Crippen molar-refractivity contribution < 1.29 is 8.78 Å². The van der Waals surface area contributed by atoms with Gasteiger partial charge < -0.3 is 0 Å². The van der Waals surface area contributed by atoms with Crippen LogP contribution >= 0.6 is 0 Å². The molecule has 0 fully saturated rings. The first kappa shape index (κ1) is 11.3. The number of hydrogen-bond acceptors (Lipinski definition) is 2. The Labute approximate surface area is 86.9 Å². The van der Waals surface area contributed by atoms with E-state index in [1.54, 1.807) is 30.3 Å². The molecule has 1 rings (SSSR count). The van der Waals surface area contributed by atoms with E-state index < -0.39 is 18.1 Å². The molecule has 0 atom stereocenters. The van der Waals surface area contributed by atoms with Gasteiger partial charge in [0, 0.05) is 6.42 Å². The van der Waals surface area contributed by atoms with Crippen LogP contribution in [-0.4, -0.2) is 11.6 Å². The molecule has 0 aliphatic heterocycles. The molecule has 0 N–H and O–H groups in total. The molecule has 1 aromatic rings. The lowest BCUT2D eigenvalue weighted by Gasteiger charge is -2.10. The van der Waals surface area contributed by atoms with Crippen LogP contribution in [0.3, 0.4) is 0 Å². The van der Waals surface area contributed by atoms with Gasteiger partial charge in [0.2, 0.25) is 0 Å². The average Bonchev–Trinajstić information content (AvgIpc) is 2.27. The molecule has 0 bridgehead atoms. The van der Waals surface area contributed by atoms with Crippen molar-refractivity contribution in [2.75, 3.05) is 0 Å². The van der Waals surface area contributed by atoms with Gasteiger partial charge in [-0.25, -0.2) is 4.99 Å². The molecule has 0 amide bonds. The molecular formula is C11H10F2N2. The van der Waals surface area contributed by atoms with Crippen molar-refractivity contribution in [1.29, 1.82) is 5.26 Å². The quantitative estimate of drug-likeness (QED) is 0.702. The highest BCUT2D eigenvalue weighted by atomic mass is 19.3. The number of nitriles is 1. The Balaban J connectivity index is 3.05. The molecule has 0 spiro atoms. The zero-order valence-corrected chi connectivity index (χ0v) is 8.24. The molecule has 78 valence electrons. The summed E-state index contributed by atoms with van der Waals surface area (Å²) in [6, 6.07) is 9.70. The van der Waals surface area contributed by atoms with Gasteiger partial charge in [-0.2, -0.15) is 14.0 Å². The van der Waals surface area contributed by atoms with E-state index >= 15 is 0 Å². The van der Waals surface area contributed by atoms with Crippen LogP contribution < -0.4 is 0 Å².